The third-order valence-electron chi connectivity index (χ3n) is 2.64. The third kappa shape index (κ3) is 2.83. The Morgan fingerprint density at radius 1 is 1.25 bits per heavy atom. The molecule has 1 radical (unpaired) electrons. The standard InChI is InChI=1S/C13H16NO2/c1-11(15)10-12-2-4-13(5-3-12)14-6-8-16-9-7-14/h2-5,10H,6-9H2,1H3. The Morgan fingerprint density at radius 3 is 2.44 bits per heavy atom. The van der Waals surface area contributed by atoms with E-state index in [1.54, 1.807) is 13.3 Å². The zero-order chi connectivity index (χ0) is 11.4. The van der Waals surface area contributed by atoms with E-state index >= 15 is 0 Å². The van der Waals surface area contributed by atoms with Gasteiger partial charge in [-0.3, -0.25) is 4.79 Å². The monoisotopic (exact) mass is 218 g/mol. The van der Waals surface area contributed by atoms with Crippen molar-refractivity contribution in [2.24, 2.45) is 0 Å². The quantitative estimate of drug-likeness (QED) is 0.772. The molecule has 0 unspecified atom stereocenters. The molecule has 1 aromatic carbocycles. The van der Waals surface area contributed by atoms with Crippen molar-refractivity contribution in [2.45, 2.75) is 6.92 Å². The van der Waals surface area contributed by atoms with Crippen LogP contribution >= 0.6 is 0 Å². The highest BCUT2D eigenvalue weighted by Crippen LogP contribution is 2.17. The molecule has 1 aliphatic heterocycles. The van der Waals surface area contributed by atoms with Crippen LogP contribution in [-0.2, 0) is 9.53 Å². The Balaban J connectivity index is 2.03. The van der Waals surface area contributed by atoms with E-state index in [2.05, 4.69) is 17.0 Å². The number of hydrogen-bond donors (Lipinski definition) is 0. The Hall–Kier alpha value is -1.35. The van der Waals surface area contributed by atoms with Gasteiger partial charge < -0.3 is 9.64 Å². The second-order valence-electron chi connectivity index (χ2n) is 3.95. The number of morpholine rings is 1. The molecule has 1 fully saturated rings. The van der Waals surface area contributed by atoms with Gasteiger partial charge in [-0.25, -0.2) is 0 Å². The van der Waals surface area contributed by atoms with Gasteiger partial charge in [0.2, 0.25) is 0 Å². The van der Waals surface area contributed by atoms with Crippen molar-refractivity contribution < 1.29 is 9.53 Å². The molecule has 16 heavy (non-hydrogen) atoms. The second-order valence-corrected chi connectivity index (χ2v) is 3.95. The molecule has 0 spiro atoms. The second kappa shape index (κ2) is 5.12. The van der Waals surface area contributed by atoms with E-state index in [1.165, 1.54) is 5.69 Å². The van der Waals surface area contributed by atoms with Gasteiger partial charge in [0.15, 0.2) is 0 Å². The summed E-state index contributed by atoms with van der Waals surface area (Å²) in [5.74, 6) is 0.0825. The fourth-order valence-corrected chi connectivity index (χ4v) is 1.84. The molecule has 0 saturated carbocycles. The molecule has 3 nitrogen and oxygen atoms in total. The molecule has 1 aliphatic rings. The van der Waals surface area contributed by atoms with Crippen LogP contribution < -0.4 is 4.90 Å². The number of nitrogens with zero attached hydrogens (tertiary/aromatic N) is 1. The molecule has 0 aromatic heterocycles. The van der Waals surface area contributed by atoms with Crippen LogP contribution in [0.4, 0.5) is 5.69 Å². The molecule has 0 atom stereocenters. The summed E-state index contributed by atoms with van der Waals surface area (Å²) in [4.78, 5) is 13.2. The average Bonchev–Trinajstić information content (AvgIpc) is 2.30. The molecule has 1 aromatic rings. The van der Waals surface area contributed by atoms with Crippen LogP contribution in [0.1, 0.15) is 12.5 Å². The van der Waals surface area contributed by atoms with Crippen LogP contribution in [0, 0.1) is 6.42 Å². The normalized spacial score (nSPS) is 16.2. The van der Waals surface area contributed by atoms with Gasteiger partial charge in [-0.2, -0.15) is 0 Å². The van der Waals surface area contributed by atoms with Crippen molar-refractivity contribution in [2.75, 3.05) is 31.2 Å². The Kier molecular flexibility index (Phi) is 3.57. The molecular formula is C13H16NO2. The van der Waals surface area contributed by atoms with Gasteiger partial charge in [-0.1, -0.05) is 12.1 Å². The smallest absolute Gasteiger partial charge is 0.138 e. The molecule has 0 aliphatic carbocycles. The van der Waals surface area contributed by atoms with Gasteiger partial charge in [0.25, 0.3) is 0 Å². The van der Waals surface area contributed by atoms with Gasteiger partial charge in [0.05, 0.1) is 19.6 Å². The van der Waals surface area contributed by atoms with E-state index in [-0.39, 0.29) is 5.78 Å². The molecule has 0 bridgehead atoms. The van der Waals surface area contributed by atoms with Crippen molar-refractivity contribution in [3.8, 4) is 0 Å². The summed E-state index contributed by atoms with van der Waals surface area (Å²) in [6.07, 6.45) is 1.64. The molecule has 3 heteroatoms. The molecule has 2 rings (SSSR count). The van der Waals surface area contributed by atoms with Crippen LogP contribution in [-0.4, -0.2) is 32.1 Å². The molecule has 1 heterocycles. The molecule has 0 N–H and O–H groups in total. The minimum atomic E-state index is 0.0825. The van der Waals surface area contributed by atoms with Gasteiger partial charge >= 0.3 is 0 Å². The number of ether oxygens (including phenoxy) is 1. The van der Waals surface area contributed by atoms with Crippen molar-refractivity contribution >= 4 is 11.5 Å². The van der Waals surface area contributed by atoms with Gasteiger partial charge in [0.1, 0.15) is 5.78 Å². The first kappa shape index (κ1) is 11.1. The maximum absolute atomic E-state index is 10.9. The number of Topliss-reactive ketones (excluding diaryl/α,β-unsaturated/α-hetero) is 1. The zero-order valence-corrected chi connectivity index (χ0v) is 9.48. The number of hydrogen-bond acceptors (Lipinski definition) is 3. The lowest BCUT2D eigenvalue weighted by Gasteiger charge is -2.28. The minimum Gasteiger partial charge on any atom is -0.378 e. The number of rotatable bonds is 3. The Labute approximate surface area is 96.0 Å². The van der Waals surface area contributed by atoms with Crippen LogP contribution in [0.3, 0.4) is 0 Å². The summed E-state index contributed by atoms with van der Waals surface area (Å²) in [7, 11) is 0. The van der Waals surface area contributed by atoms with Gasteiger partial charge in [-0.05, 0) is 24.6 Å². The summed E-state index contributed by atoms with van der Waals surface area (Å²) in [6.45, 7) is 5.03. The lowest BCUT2D eigenvalue weighted by atomic mass is 10.1. The first-order chi connectivity index (χ1) is 7.75. The molecule has 85 valence electrons. The lowest BCUT2D eigenvalue weighted by Crippen LogP contribution is -2.36. The number of anilines is 1. The van der Waals surface area contributed by atoms with Crippen molar-refractivity contribution in [1.82, 2.24) is 0 Å². The molecule has 0 amide bonds. The summed E-state index contributed by atoms with van der Waals surface area (Å²) >= 11 is 0. The molecular weight excluding hydrogens is 202 g/mol. The fourth-order valence-electron chi connectivity index (χ4n) is 1.84. The number of ketones is 1. The van der Waals surface area contributed by atoms with E-state index in [0.717, 1.165) is 31.9 Å². The SMILES string of the molecule is CC(=O)[CH]c1ccc(N2CCOCC2)cc1. The Bertz CT molecular complexity index is 353. The lowest BCUT2D eigenvalue weighted by molar-refractivity contribution is -0.113. The Morgan fingerprint density at radius 2 is 1.88 bits per heavy atom. The average molecular weight is 218 g/mol. The zero-order valence-electron chi connectivity index (χ0n) is 9.48. The first-order valence-electron chi connectivity index (χ1n) is 5.54. The summed E-state index contributed by atoms with van der Waals surface area (Å²) in [5.41, 5.74) is 2.16. The maximum atomic E-state index is 10.9. The fraction of sp³-hybridized carbons (Fsp3) is 0.385. The third-order valence-corrected chi connectivity index (χ3v) is 2.64. The first-order valence-corrected chi connectivity index (χ1v) is 5.54. The van der Waals surface area contributed by atoms with E-state index in [1.807, 2.05) is 12.1 Å². The highest BCUT2D eigenvalue weighted by Gasteiger charge is 2.10. The van der Waals surface area contributed by atoms with Gasteiger partial charge in [0, 0.05) is 18.8 Å². The topological polar surface area (TPSA) is 29.5 Å². The maximum Gasteiger partial charge on any atom is 0.138 e. The molecule has 1 saturated heterocycles. The summed E-state index contributed by atoms with van der Waals surface area (Å²) < 4.78 is 5.31. The van der Waals surface area contributed by atoms with E-state index in [9.17, 15) is 4.79 Å². The number of carbonyl (C=O) groups excluding carboxylic acids is 1. The minimum absolute atomic E-state index is 0.0825. The van der Waals surface area contributed by atoms with Crippen molar-refractivity contribution in [3.05, 3.63) is 36.2 Å². The van der Waals surface area contributed by atoms with Crippen molar-refractivity contribution in [3.63, 3.8) is 0 Å². The van der Waals surface area contributed by atoms with E-state index in [0.29, 0.717) is 0 Å². The number of carbonyl (C=O) groups is 1. The summed E-state index contributed by atoms with van der Waals surface area (Å²) in [5, 5.41) is 0. The van der Waals surface area contributed by atoms with Crippen LogP contribution in [0.2, 0.25) is 0 Å². The van der Waals surface area contributed by atoms with Crippen LogP contribution in [0.5, 0.6) is 0 Å². The predicted molar refractivity (Wildman–Crippen MR) is 63.6 cm³/mol. The van der Waals surface area contributed by atoms with E-state index in [4.69, 9.17) is 4.74 Å². The highest BCUT2D eigenvalue weighted by molar-refractivity contribution is 5.88. The van der Waals surface area contributed by atoms with E-state index < -0.39 is 0 Å². The number of benzene rings is 1. The predicted octanol–water partition coefficient (Wildman–Crippen LogP) is 1.66. The van der Waals surface area contributed by atoms with Crippen molar-refractivity contribution in [1.29, 1.82) is 0 Å². The van der Waals surface area contributed by atoms with Crippen LogP contribution in [0.15, 0.2) is 24.3 Å². The van der Waals surface area contributed by atoms with Gasteiger partial charge in [-0.15, -0.1) is 0 Å². The highest BCUT2D eigenvalue weighted by atomic mass is 16.5. The van der Waals surface area contributed by atoms with Crippen LogP contribution in [0.25, 0.3) is 0 Å². The summed E-state index contributed by atoms with van der Waals surface area (Å²) in [6, 6.07) is 8.07. The largest absolute Gasteiger partial charge is 0.378 e.